The predicted octanol–water partition coefficient (Wildman–Crippen LogP) is 2.58. The third kappa shape index (κ3) is 2.55. The van der Waals surface area contributed by atoms with Crippen LogP contribution in [0.5, 0.6) is 5.88 Å². The molecule has 0 aromatic carbocycles. The fourth-order valence-electron chi connectivity index (χ4n) is 2.07. The van der Waals surface area contributed by atoms with Gasteiger partial charge in [-0.3, -0.25) is 5.10 Å². The van der Waals surface area contributed by atoms with Crippen molar-refractivity contribution in [2.45, 2.75) is 0 Å². The number of nitrogens with one attached hydrogen (secondary N) is 2. The van der Waals surface area contributed by atoms with Gasteiger partial charge in [-0.2, -0.15) is 5.10 Å². The van der Waals surface area contributed by atoms with E-state index in [1.54, 1.807) is 19.5 Å². The maximum absolute atomic E-state index is 5.39. The highest BCUT2D eigenvalue weighted by Crippen LogP contribution is 2.30. The molecule has 0 aliphatic carbocycles. The summed E-state index contributed by atoms with van der Waals surface area (Å²) in [5.41, 5.74) is 3.59. The fraction of sp³-hybridized carbons (Fsp3) is 0.133. The van der Waals surface area contributed by atoms with Crippen molar-refractivity contribution in [2.24, 2.45) is 0 Å². The van der Waals surface area contributed by atoms with Crippen molar-refractivity contribution in [3.8, 4) is 28.3 Å². The minimum Gasteiger partial charge on any atom is -0.481 e. The van der Waals surface area contributed by atoms with Gasteiger partial charge >= 0.3 is 0 Å². The number of hydrogen-bond acceptors (Lipinski definition) is 5. The molecule has 2 N–H and O–H groups in total. The van der Waals surface area contributed by atoms with Crippen LogP contribution >= 0.6 is 0 Å². The number of methoxy groups -OCH3 is 1. The Balaban J connectivity index is 2.00. The Morgan fingerprint density at radius 3 is 2.62 bits per heavy atom. The van der Waals surface area contributed by atoms with Crippen LogP contribution in [0, 0.1) is 0 Å². The van der Waals surface area contributed by atoms with Gasteiger partial charge in [0.2, 0.25) is 5.88 Å². The normalized spacial score (nSPS) is 10.4. The summed E-state index contributed by atoms with van der Waals surface area (Å²) in [6, 6.07) is 7.80. The van der Waals surface area contributed by atoms with Gasteiger partial charge in [0.1, 0.15) is 5.82 Å². The second-order valence-corrected chi connectivity index (χ2v) is 4.42. The first-order valence-electron chi connectivity index (χ1n) is 6.50. The molecule has 0 aliphatic rings. The van der Waals surface area contributed by atoms with Crippen LogP contribution in [0.1, 0.15) is 0 Å². The fourth-order valence-corrected chi connectivity index (χ4v) is 2.07. The minimum absolute atomic E-state index is 0.562. The first kappa shape index (κ1) is 13.1. The Bertz CT molecular complexity index is 722. The monoisotopic (exact) mass is 281 g/mol. The summed E-state index contributed by atoms with van der Waals surface area (Å²) in [5, 5.41) is 9.73. The van der Waals surface area contributed by atoms with Gasteiger partial charge in [0.15, 0.2) is 0 Å². The molecular formula is C15H15N5O. The maximum atomic E-state index is 5.39. The smallest absolute Gasteiger partial charge is 0.221 e. The Hall–Kier alpha value is -2.89. The minimum atomic E-state index is 0.562. The van der Waals surface area contributed by atoms with Crippen molar-refractivity contribution >= 4 is 5.82 Å². The summed E-state index contributed by atoms with van der Waals surface area (Å²) in [6.45, 7) is 0. The molecule has 0 saturated heterocycles. The van der Waals surface area contributed by atoms with Gasteiger partial charge < -0.3 is 10.1 Å². The number of rotatable bonds is 4. The molecule has 0 radical (unpaired) electrons. The number of hydrogen-bond donors (Lipinski definition) is 2. The number of anilines is 1. The van der Waals surface area contributed by atoms with E-state index in [0.29, 0.717) is 5.88 Å². The van der Waals surface area contributed by atoms with Crippen LogP contribution in [-0.2, 0) is 0 Å². The van der Waals surface area contributed by atoms with Gasteiger partial charge in [-0.15, -0.1) is 0 Å². The zero-order valence-corrected chi connectivity index (χ0v) is 11.8. The highest BCUT2D eigenvalue weighted by molar-refractivity contribution is 5.71. The van der Waals surface area contributed by atoms with Gasteiger partial charge in [-0.25, -0.2) is 9.97 Å². The first-order valence-corrected chi connectivity index (χ1v) is 6.50. The topological polar surface area (TPSA) is 75.7 Å². The van der Waals surface area contributed by atoms with Crippen molar-refractivity contribution in [2.75, 3.05) is 19.5 Å². The van der Waals surface area contributed by atoms with Gasteiger partial charge in [-0.05, 0) is 24.3 Å². The highest BCUT2D eigenvalue weighted by Gasteiger charge is 2.10. The Labute approximate surface area is 122 Å². The lowest BCUT2D eigenvalue weighted by atomic mass is 10.1. The molecule has 0 spiro atoms. The van der Waals surface area contributed by atoms with E-state index < -0.39 is 0 Å². The van der Waals surface area contributed by atoms with E-state index in [2.05, 4.69) is 25.5 Å². The van der Waals surface area contributed by atoms with Gasteiger partial charge in [-0.1, -0.05) is 0 Å². The van der Waals surface area contributed by atoms with Crippen LogP contribution in [-0.4, -0.2) is 34.3 Å². The van der Waals surface area contributed by atoms with E-state index in [0.717, 1.165) is 28.2 Å². The quantitative estimate of drug-likeness (QED) is 0.768. The second-order valence-electron chi connectivity index (χ2n) is 4.42. The van der Waals surface area contributed by atoms with Crippen molar-refractivity contribution < 1.29 is 4.74 Å². The molecule has 0 bridgehead atoms. The zero-order chi connectivity index (χ0) is 14.7. The van der Waals surface area contributed by atoms with Crippen LogP contribution in [0.4, 0.5) is 5.82 Å². The zero-order valence-electron chi connectivity index (χ0n) is 11.8. The number of aromatic amines is 1. The summed E-state index contributed by atoms with van der Waals surface area (Å²) in [7, 11) is 3.45. The molecule has 3 aromatic rings. The Kier molecular flexibility index (Phi) is 3.51. The number of pyridine rings is 2. The Morgan fingerprint density at radius 1 is 1.10 bits per heavy atom. The van der Waals surface area contributed by atoms with Crippen LogP contribution in [0.15, 0.2) is 42.9 Å². The Morgan fingerprint density at radius 2 is 2.00 bits per heavy atom. The van der Waals surface area contributed by atoms with Crippen molar-refractivity contribution in [1.29, 1.82) is 0 Å². The largest absolute Gasteiger partial charge is 0.481 e. The number of aromatic nitrogens is 4. The van der Waals surface area contributed by atoms with Gasteiger partial charge in [0, 0.05) is 36.1 Å². The van der Waals surface area contributed by atoms with Crippen LogP contribution in [0.25, 0.3) is 22.4 Å². The molecule has 3 aromatic heterocycles. The molecule has 6 nitrogen and oxygen atoms in total. The molecule has 3 rings (SSSR count). The van der Waals surface area contributed by atoms with E-state index in [1.807, 2.05) is 37.5 Å². The van der Waals surface area contributed by atoms with E-state index >= 15 is 0 Å². The second kappa shape index (κ2) is 5.62. The van der Waals surface area contributed by atoms with Crippen molar-refractivity contribution in [1.82, 2.24) is 20.2 Å². The van der Waals surface area contributed by atoms with Gasteiger partial charge in [0.05, 0.1) is 19.0 Å². The standard InChI is InChI=1S/C15H15N5O/c1-16-14-6-3-10(7-17-14)13-5-4-12(15(20-13)21-2)11-8-18-19-9-11/h3-9H,1-2H3,(H,16,17)(H,18,19). The van der Waals surface area contributed by atoms with E-state index in [-0.39, 0.29) is 0 Å². The molecule has 0 aliphatic heterocycles. The average molecular weight is 281 g/mol. The van der Waals surface area contributed by atoms with Crippen LogP contribution in [0.3, 0.4) is 0 Å². The van der Waals surface area contributed by atoms with Crippen LogP contribution in [0.2, 0.25) is 0 Å². The van der Waals surface area contributed by atoms with Crippen LogP contribution < -0.4 is 10.1 Å². The highest BCUT2D eigenvalue weighted by atomic mass is 16.5. The maximum Gasteiger partial charge on any atom is 0.221 e. The van der Waals surface area contributed by atoms with Crippen molar-refractivity contribution in [3.63, 3.8) is 0 Å². The predicted molar refractivity (Wildman–Crippen MR) is 81.1 cm³/mol. The molecule has 6 heteroatoms. The molecule has 106 valence electrons. The number of ether oxygens (including phenoxy) is 1. The first-order chi connectivity index (χ1) is 10.3. The summed E-state index contributed by atoms with van der Waals surface area (Å²) >= 11 is 0. The van der Waals surface area contributed by atoms with E-state index in [9.17, 15) is 0 Å². The third-order valence-corrected chi connectivity index (χ3v) is 3.18. The lowest BCUT2D eigenvalue weighted by Gasteiger charge is -2.08. The molecule has 0 saturated carbocycles. The molecule has 0 amide bonds. The third-order valence-electron chi connectivity index (χ3n) is 3.18. The molecule has 21 heavy (non-hydrogen) atoms. The summed E-state index contributed by atoms with van der Waals surface area (Å²) < 4.78 is 5.39. The molecular weight excluding hydrogens is 266 g/mol. The lowest BCUT2D eigenvalue weighted by molar-refractivity contribution is 0.400. The average Bonchev–Trinajstić information content (AvgIpc) is 3.08. The number of H-pyrrole nitrogens is 1. The SMILES string of the molecule is CNc1ccc(-c2ccc(-c3cn[nH]c3)c(OC)n2)cn1. The van der Waals surface area contributed by atoms with E-state index in [4.69, 9.17) is 4.74 Å². The molecule has 0 fully saturated rings. The summed E-state index contributed by atoms with van der Waals surface area (Å²) in [4.78, 5) is 8.84. The molecule has 0 atom stereocenters. The van der Waals surface area contributed by atoms with Crippen molar-refractivity contribution in [3.05, 3.63) is 42.9 Å². The van der Waals surface area contributed by atoms with Gasteiger partial charge in [0.25, 0.3) is 0 Å². The van der Waals surface area contributed by atoms with E-state index in [1.165, 1.54) is 0 Å². The molecule has 3 heterocycles. The lowest BCUT2D eigenvalue weighted by Crippen LogP contribution is -1.95. The molecule has 0 unspecified atom stereocenters. The summed E-state index contributed by atoms with van der Waals surface area (Å²) in [6.07, 6.45) is 5.33. The number of nitrogens with zero attached hydrogens (tertiary/aromatic N) is 3. The summed E-state index contributed by atoms with van der Waals surface area (Å²) in [5.74, 6) is 1.38.